The predicted molar refractivity (Wildman–Crippen MR) is 53.2 cm³/mol. The molecular weight excluding hydrogens is 198 g/mol. The highest BCUT2D eigenvalue weighted by Crippen LogP contribution is 2.30. The normalized spacial score (nSPS) is 27.3. The van der Waals surface area contributed by atoms with Crippen molar-refractivity contribution in [2.75, 3.05) is 6.54 Å². The summed E-state index contributed by atoms with van der Waals surface area (Å²) in [7, 11) is 0. The Bertz CT molecular complexity index is 252. The quantitative estimate of drug-likeness (QED) is 0.615. The minimum absolute atomic E-state index is 0.139. The third-order valence-corrected chi connectivity index (χ3v) is 2.72. The number of carboxylic acid groups (broad SMARTS) is 1. The first-order valence-corrected chi connectivity index (χ1v) is 5.19. The number of carboxylic acids is 1. The van der Waals surface area contributed by atoms with Gasteiger partial charge in [0.05, 0.1) is 12.0 Å². The molecule has 0 aromatic heterocycles. The first-order chi connectivity index (χ1) is 7.00. The predicted octanol–water partition coefficient (Wildman–Crippen LogP) is -0.0157. The van der Waals surface area contributed by atoms with Gasteiger partial charge in [0.1, 0.15) is 0 Å². The van der Waals surface area contributed by atoms with E-state index in [1.165, 1.54) is 0 Å². The Labute approximate surface area is 88.5 Å². The molecular formula is C10H17NO4. The van der Waals surface area contributed by atoms with E-state index in [4.69, 9.17) is 10.2 Å². The van der Waals surface area contributed by atoms with E-state index in [9.17, 15) is 9.59 Å². The zero-order valence-electron chi connectivity index (χ0n) is 8.77. The molecule has 5 heteroatoms. The molecule has 0 spiro atoms. The lowest BCUT2D eigenvalue weighted by molar-refractivity contribution is -0.141. The van der Waals surface area contributed by atoms with Crippen LogP contribution in [0.15, 0.2) is 0 Å². The Morgan fingerprint density at radius 1 is 1.40 bits per heavy atom. The molecule has 0 aliphatic heterocycles. The summed E-state index contributed by atoms with van der Waals surface area (Å²) in [6.45, 7) is 1.82. The van der Waals surface area contributed by atoms with Crippen LogP contribution >= 0.6 is 0 Å². The minimum Gasteiger partial charge on any atom is -0.481 e. The summed E-state index contributed by atoms with van der Waals surface area (Å²) in [5.41, 5.74) is 0. The highest BCUT2D eigenvalue weighted by molar-refractivity contribution is 5.80. The van der Waals surface area contributed by atoms with Gasteiger partial charge in [-0.1, -0.05) is 0 Å². The molecule has 1 saturated carbocycles. The lowest BCUT2D eigenvalue weighted by atomic mass is 10.0. The Hall–Kier alpha value is -1.10. The van der Waals surface area contributed by atoms with Crippen molar-refractivity contribution in [2.45, 2.75) is 32.3 Å². The molecule has 1 rings (SSSR count). The second-order valence-electron chi connectivity index (χ2n) is 4.14. The maximum absolute atomic E-state index is 11.5. The van der Waals surface area contributed by atoms with Crippen LogP contribution in [0.1, 0.15) is 26.2 Å². The zero-order valence-corrected chi connectivity index (χ0v) is 8.77. The molecule has 0 radical (unpaired) electrons. The van der Waals surface area contributed by atoms with E-state index in [1.54, 1.807) is 6.92 Å². The number of amides is 1. The van der Waals surface area contributed by atoms with Crippen LogP contribution < -0.4 is 5.32 Å². The molecule has 1 aliphatic carbocycles. The Morgan fingerprint density at radius 3 is 2.47 bits per heavy atom. The fourth-order valence-electron chi connectivity index (χ4n) is 1.84. The molecule has 0 heterocycles. The lowest BCUT2D eigenvalue weighted by Crippen LogP contribution is -2.34. The van der Waals surface area contributed by atoms with Crippen molar-refractivity contribution in [1.29, 1.82) is 0 Å². The second kappa shape index (κ2) is 5.11. The number of carbonyl (C=O) groups excluding carboxylic acids is 1. The van der Waals surface area contributed by atoms with E-state index in [0.717, 1.165) is 0 Å². The summed E-state index contributed by atoms with van der Waals surface area (Å²) < 4.78 is 0. The minimum atomic E-state index is -0.819. The third kappa shape index (κ3) is 3.51. The van der Waals surface area contributed by atoms with Gasteiger partial charge in [-0.2, -0.15) is 0 Å². The average molecular weight is 215 g/mol. The van der Waals surface area contributed by atoms with Gasteiger partial charge < -0.3 is 15.5 Å². The standard InChI is InChI=1S/C10H17NO4/c1-6(12)5-11-9(13)7-2-3-8(4-7)10(14)15/h6-8,12H,2-5H2,1H3,(H,11,13)(H,14,15)/t6-,7?,8?/m1/s1. The molecule has 15 heavy (non-hydrogen) atoms. The monoisotopic (exact) mass is 215 g/mol. The number of aliphatic carboxylic acids is 1. The van der Waals surface area contributed by atoms with Crippen LogP contribution in [0.25, 0.3) is 0 Å². The largest absolute Gasteiger partial charge is 0.481 e. The van der Waals surface area contributed by atoms with Crippen LogP contribution in [-0.4, -0.2) is 34.7 Å². The van der Waals surface area contributed by atoms with Gasteiger partial charge in [-0.05, 0) is 26.2 Å². The second-order valence-corrected chi connectivity index (χ2v) is 4.14. The zero-order chi connectivity index (χ0) is 11.4. The van der Waals surface area contributed by atoms with Gasteiger partial charge in [-0.15, -0.1) is 0 Å². The SMILES string of the molecule is C[C@@H](O)CNC(=O)C1CCC(C(=O)O)C1. The van der Waals surface area contributed by atoms with Gasteiger partial charge in [0.25, 0.3) is 0 Å². The first kappa shape index (κ1) is 12.0. The number of rotatable bonds is 4. The summed E-state index contributed by atoms with van der Waals surface area (Å²) in [6.07, 6.45) is 1.05. The number of hydrogen-bond donors (Lipinski definition) is 3. The van der Waals surface area contributed by atoms with E-state index in [1.807, 2.05) is 0 Å². The molecule has 3 N–H and O–H groups in total. The van der Waals surface area contributed by atoms with E-state index < -0.39 is 12.1 Å². The summed E-state index contributed by atoms with van der Waals surface area (Å²) >= 11 is 0. The van der Waals surface area contributed by atoms with Crippen LogP contribution in [0.3, 0.4) is 0 Å². The van der Waals surface area contributed by atoms with Gasteiger partial charge >= 0.3 is 5.97 Å². The number of aliphatic hydroxyl groups excluding tert-OH is 1. The highest BCUT2D eigenvalue weighted by Gasteiger charge is 2.33. The van der Waals surface area contributed by atoms with Crippen LogP contribution in [-0.2, 0) is 9.59 Å². The van der Waals surface area contributed by atoms with Gasteiger partial charge in [0.2, 0.25) is 5.91 Å². The van der Waals surface area contributed by atoms with Crippen LogP contribution in [0.2, 0.25) is 0 Å². The molecule has 1 amide bonds. The van der Waals surface area contributed by atoms with Gasteiger partial charge in [0, 0.05) is 12.5 Å². The number of aliphatic hydroxyl groups is 1. The van der Waals surface area contributed by atoms with Gasteiger partial charge in [-0.3, -0.25) is 9.59 Å². The molecule has 86 valence electrons. The smallest absolute Gasteiger partial charge is 0.306 e. The van der Waals surface area contributed by atoms with Gasteiger partial charge in [0.15, 0.2) is 0 Å². The Balaban J connectivity index is 2.33. The number of nitrogens with one attached hydrogen (secondary N) is 1. The van der Waals surface area contributed by atoms with Gasteiger partial charge in [-0.25, -0.2) is 0 Å². The van der Waals surface area contributed by atoms with E-state index in [2.05, 4.69) is 5.32 Å². The first-order valence-electron chi connectivity index (χ1n) is 5.19. The van der Waals surface area contributed by atoms with Crippen molar-refractivity contribution >= 4 is 11.9 Å². The van der Waals surface area contributed by atoms with Crippen molar-refractivity contribution < 1.29 is 19.8 Å². The van der Waals surface area contributed by atoms with Crippen LogP contribution in [0.4, 0.5) is 0 Å². The maximum atomic E-state index is 11.5. The molecule has 0 aromatic rings. The lowest BCUT2D eigenvalue weighted by Gasteiger charge is -2.11. The summed E-state index contributed by atoms with van der Waals surface area (Å²) in [5.74, 6) is -1.54. The summed E-state index contributed by atoms with van der Waals surface area (Å²) in [4.78, 5) is 22.2. The number of hydrogen-bond acceptors (Lipinski definition) is 3. The molecule has 1 fully saturated rings. The molecule has 0 bridgehead atoms. The van der Waals surface area contributed by atoms with Crippen molar-refractivity contribution in [3.05, 3.63) is 0 Å². The number of carbonyl (C=O) groups is 2. The Morgan fingerprint density at radius 2 is 2.00 bits per heavy atom. The fourth-order valence-corrected chi connectivity index (χ4v) is 1.84. The van der Waals surface area contributed by atoms with Crippen LogP contribution in [0.5, 0.6) is 0 Å². The summed E-state index contributed by atoms with van der Waals surface area (Å²) in [5, 5.41) is 20.3. The van der Waals surface area contributed by atoms with Crippen molar-refractivity contribution in [3.63, 3.8) is 0 Å². The maximum Gasteiger partial charge on any atom is 0.306 e. The Kier molecular flexibility index (Phi) is 4.08. The molecule has 2 unspecified atom stereocenters. The molecule has 5 nitrogen and oxygen atoms in total. The molecule has 1 aliphatic rings. The highest BCUT2D eigenvalue weighted by atomic mass is 16.4. The van der Waals surface area contributed by atoms with Crippen molar-refractivity contribution in [1.82, 2.24) is 5.32 Å². The molecule has 0 aromatic carbocycles. The van der Waals surface area contributed by atoms with E-state index in [-0.39, 0.29) is 24.3 Å². The third-order valence-electron chi connectivity index (χ3n) is 2.72. The molecule has 0 saturated heterocycles. The van der Waals surface area contributed by atoms with Crippen LogP contribution in [0, 0.1) is 11.8 Å². The van der Waals surface area contributed by atoms with Crippen molar-refractivity contribution in [3.8, 4) is 0 Å². The van der Waals surface area contributed by atoms with E-state index in [0.29, 0.717) is 19.3 Å². The molecule has 3 atom stereocenters. The summed E-state index contributed by atoms with van der Waals surface area (Å²) in [6, 6.07) is 0. The fraction of sp³-hybridized carbons (Fsp3) is 0.800. The topological polar surface area (TPSA) is 86.6 Å². The van der Waals surface area contributed by atoms with E-state index >= 15 is 0 Å². The average Bonchev–Trinajstić information content (AvgIpc) is 2.62. The van der Waals surface area contributed by atoms with Crippen molar-refractivity contribution in [2.24, 2.45) is 11.8 Å².